The van der Waals surface area contributed by atoms with E-state index in [-0.39, 0.29) is 10.6 Å². The number of carbonyl (C=O) groups excluding carboxylic acids is 1. The Hall–Kier alpha value is -3.70. The average Bonchev–Trinajstić information content (AvgIpc) is 2.83. The molecule has 4 N–H and O–H groups in total. The van der Waals surface area contributed by atoms with E-state index in [1.165, 1.54) is 22.8 Å². The quantitative estimate of drug-likeness (QED) is 0.367. The van der Waals surface area contributed by atoms with Crippen molar-refractivity contribution < 1.29 is 17.9 Å². The molecule has 0 aliphatic heterocycles. The molecule has 1 aromatic heterocycles. The number of benzene rings is 2. The Labute approximate surface area is 199 Å². The summed E-state index contributed by atoms with van der Waals surface area (Å²) in [6.45, 7) is 6.46. The zero-order chi connectivity index (χ0) is 24.7. The fourth-order valence-electron chi connectivity index (χ4n) is 3.20. The first-order valence-corrected chi connectivity index (χ1v) is 12.3. The van der Waals surface area contributed by atoms with Gasteiger partial charge in [-0.15, -0.1) is 0 Å². The Kier molecular flexibility index (Phi) is 8.03. The highest BCUT2D eigenvalue weighted by Crippen LogP contribution is 2.29. The standard InChI is InChI=1S/C23H28N6O4S/c1-4-29(5-2)34(31,32)19-13-11-18(12-14-19)28-22-20(24)21(25-15-26-22)27-17-9-7-16(8-10-17)23(30)33-6-3/h7-15H,4-6,24H2,1-3H3,(H2,25,26,27,28). The SMILES string of the molecule is CCOC(=O)c1ccc(Nc2ncnc(Nc3ccc(S(=O)(=O)N(CC)CC)cc3)c2N)cc1. The van der Waals surface area contributed by atoms with Crippen molar-refractivity contribution in [2.75, 3.05) is 36.1 Å². The molecule has 3 rings (SSSR count). The zero-order valence-corrected chi connectivity index (χ0v) is 20.1. The molecule has 1 heterocycles. The minimum Gasteiger partial charge on any atom is -0.462 e. The van der Waals surface area contributed by atoms with Crippen molar-refractivity contribution in [3.05, 3.63) is 60.4 Å². The summed E-state index contributed by atoms with van der Waals surface area (Å²) in [6.07, 6.45) is 1.35. The Morgan fingerprint density at radius 3 is 1.88 bits per heavy atom. The van der Waals surface area contributed by atoms with Crippen molar-refractivity contribution in [1.29, 1.82) is 0 Å². The molecule has 0 aliphatic rings. The second-order valence-corrected chi connectivity index (χ2v) is 9.08. The number of esters is 1. The first-order valence-electron chi connectivity index (χ1n) is 10.8. The van der Waals surface area contributed by atoms with E-state index >= 15 is 0 Å². The van der Waals surface area contributed by atoms with Gasteiger partial charge in [-0.3, -0.25) is 0 Å². The van der Waals surface area contributed by atoms with Crippen molar-refractivity contribution in [3.63, 3.8) is 0 Å². The van der Waals surface area contributed by atoms with E-state index in [1.807, 2.05) is 0 Å². The van der Waals surface area contributed by atoms with Gasteiger partial charge in [0.1, 0.15) is 12.0 Å². The predicted octanol–water partition coefficient (Wildman–Crippen LogP) is 3.75. The Bertz CT molecular complexity index is 1230. The highest BCUT2D eigenvalue weighted by molar-refractivity contribution is 7.89. The number of hydrogen-bond donors (Lipinski definition) is 3. The molecule has 0 radical (unpaired) electrons. The number of aromatic nitrogens is 2. The van der Waals surface area contributed by atoms with Crippen LogP contribution in [0.5, 0.6) is 0 Å². The molecule has 180 valence electrons. The summed E-state index contributed by atoms with van der Waals surface area (Å²) in [5.74, 6) is 0.347. The summed E-state index contributed by atoms with van der Waals surface area (Å²) in [5, 5.41) is 6.18. The minimum atomic E-state index is -3.54. The molecule has 34 heavy (non-hydrogen) atoms. The minimum absolute atomic E-state index is 0.214. The molecular formula is C23H28N6O4S. The number of hydrogen-bond acceptors (Lipinski definition) is 9. The van der Waals surface area contributed by atoms with Gasteiger partial charge >= 0.3 is 5.97 Å². The predicted molar refractivity (Wildman–Crippen MR) is 132 cm³/mol. The molecule has 0 spiro atoms. The highest BCUT2D eigenvalue weighted by atomic mass is 32.2. The van der Waals surface area contributed by atoms with E-state index in [2.05, 4.69) is 20.6 Å². The molecule has 0 saturated carbocycles. The van der Waals surface area contributed by atoms with Gasteiger partial charge in [0, 0.05) is 24.5 Å². The number of nitrogens with two attached hydrogens (primary N) is 1. The van der Waals surface area contributed by atoms with E-state index in [0.717, 1.165) is 0 Å². The third-order valence-electron chi connectivity index (χ3n) is 5.00. The maximum Gasteiger partial charge on any atom is 0.338 e. The molecule has 0 aliphatic carbocycles. The fraction of sp³-hybridized carbons (Fsp3) is 0.261. The molecule has 0 unspecified atom stereocenters. The zero-order valence-electron chi connectivity index (χ0n) is 19.3. The second kappa shape index (κ2) is 10.9. The molecule has 0 atom stereocenters. The number of rotatable bonds is 10. The maximum absolute atomic E-state index is 12.7. The van der Waals surface area contributed by atoms with Gasteiger partial charge < -0.3 is 21.1 Å². The van der Waals surface area contributed by atoms with Gasteiger partial charge in [-0.05, 0) is 55.5 Å². The van der Waals surface area contributed by atoms with Crippen molar-refractivity contribution in [2.24, 2.45) is 0 Å². The molecule has 0 bridgehead atoms. The topological polar surface area (TPSA) is 140 Å². The van der Waals surface area contributed by atoms with Gasteiger partial charge in [-0.25, -0.2) is 23.2 Å². The van der Waals surface area contributed by atoms with Crippen LogP contribution in [0.2, 0.25) is 0 Å². The van der Waals surface area contributed by atoms with E-state index < -0.39 is 16.0 Å². The van der Waals surface area contributed by atoms with Gasteiger partial charge in [0.15, 0.2) is 11.6 Å². The van der Waals surface area contributed by atoms with Gasteiger partial charge in [-0.2, -0.15) is 4.31 Å². The maximum atomic E-state index is 12.7. The van der Waals surface area contributed by atoms with Gasteiger partial charge in [-0.1, -0.05) is 13.8 Å². The number of ether oxygens (including phenoxy) is 1. The number of anilines is 5. The van der Waals surface area contributed by atoms with E-state index in [4.69, 9.17) is 10.5 Å². The molecule has 10 nitrogen and oxygen atoms in total. The molecule has 0 amide bonds. The van der Waals surface area contributed by atoms with Gasteiger partial charge in [0.05, 0.1) is 17.1 Å². The highest BCUT2D eigenvalue weighted by Gasteiger charge is 2.21. The summed E-state index contributed by atoms with van der Waals surface area (Å²) >= 11 is 0. The number of carbonyl (C=O) groups is 1. The number of nitrogens with one attached hydrogen (secondary N) is 2. The molecular weight excluding hydrogens is 456 g/mol. The second-order valence-electron chi connectivity index (χ2n) is 7.15. The number of nitrogen functional groups attached to an aromatic ring is 1. The summed E-state index contributed by atoms with van der Waals surface area (Å²) in [4.78, 5) is 20.4. The first kappa shape index (κ1) is 24.9. The van der Waals surface area contributed by atoms with Crippen LogP contribution in [0.25, 0.3) is 0 Å². The first-order chi connectivity index (χ1) is 16.3. The monoisotopic (exact) mass is 484 g/mol. The average molecular weight is 485 g/mol. The molecule has 3 aromatic rings. The van der Waals surface area contributed by atoms with Crippen molar-refractivity contribution >= 4 is 44.7 Å². The largest absolute Gasteiger partial charge is 0.462 e. The third-order valence-corrected chi connectivity index (χ3v) is 7.07. The van der Waals surface area contributed by atoms with Crippen LogP contribution in [-0.2, 0) is 14.8 Å². The molecule has 0 saturated heterocycles. The van der Waals surface area contributed by atoms with E-state index in [0.29, 0.717) is 48.3 Å². The molecule has 2 aromatic carbocycles. The Morgan fingerprint density at radius 1 is 0.912 bits per heavy atom. The van der Waals surface area contributed by atoms with E-state index in [1.54, 1.807) is 57.2 Å². The number of nitrogens with zero attached hydrogens (tertiary/aromatic N) is 3. The van der Waals surface area contributed by atoms with Gasteiger partial charge in [0.2, 0.25) is 10.0 Å². The lowest BCUT2D eigenvalue weighted by atomic mass is 10.2. The lowest BCUT2D eigenvalue weighted by molar-refractivity contribution is 0.0526. The summed E-state index contributed by atoms with van der Waals surface area (Å²) in [7, 11) is -3.54. The van der Waals surface area contributed by atoms with Crippen LogP contribution in [0.4, 0.5) is 28.7 Å². The van der Waals surface area contributed by atoms with Gasteiger partial charge in [0.25, 0.3) is 0 Å². The molecule has 0 fully saturated rings. The van der Waals surface area contributed by atoms with Crippen molar-refractivity contribution in [3.8, 4) is 0 Å². The Morgan fingerprint density at radius 2 is 1.41 bits per heavy atom. The lowest BCUT2D eigenvalue weighted by Gasteiger charge is -2.18. The lowest BCUT2D eigenvalue weighted by Crippen LogP contribution is -2.30. The smallest absolute Gasteiger partial charge is 0.338 e. The van der Waals surface area contributed by atoms with Crippen molar-refractivity contribution in [2.45, 2.75) is 25.7 Å². The summed E-state index contributed by atoms with van der Waals surface area (Å²) in [5.41, 5.74) is 8.26. The van der Waals surface area contributed by atoms with Crippen LogP contribution in [0.1, 0.15) is 31.1 Å². The number of sulfonamides is 1. The van der Waals surface area contributed by atoms with Crippen molar-refractivity contribution in [1.82, 2.24) is 14.3 Å². The normalized spacial score (nSPS) is 11.3. The third kappa shape index (κ3) is 5.61. The summed E-state index contributed by atoms with van der Waals surface area (Å²) in [6, 6.07) is 13.1. The van der Waals surface area contributed by atoms with Crippen LogP contribution in [0.15, 0.2) is 59.8 Å². The van der Waals surface area contributed by atoms with Crippen LogP contribution in [-0.4, -0.2) is 48.4 Å². The summed E-state index contributed by atoms with van der Waals surface area (Å²) < 4.78 is 31.7. The van der Waals surface area contributed by atoms with Crippen LogP contribution in [0, 0.1) is 0 Å². The van der Waals surface area contributed by atoms with E-state index in [9.17, 15) is 13.2 Å². The Balaban J connectivity index is 1.75. The van der Waals surface area contributed by atoms with Crippen LogP contribution in [0.3, 0.4) is 0 Å². The fourth-order valence-corrected chi connectivity index (χ4v) is 4.65. The van der Waals surface area contributed by atoms with Crippen LogP contribution < -0.4 is 16.4 Å². The molecule has 11 heteroatoms. The van der Waals surface area contributed by atoms with Crippen LogP contribution >= 0.6 is 0 Å².